The van der Waals surface area contributed by atoms with Crippen molar-refractivity contribution in [1.82, 2.24) is 15.5 Å². The van der Waals surface area contributed by atoms with E-state index in [0.717, 1.165) is 29.0 Å². The first-order valence-corrected chi connectivity index (χ1v) is 6.96. The van der Waals surface area contributed by atoms with E-state index in [4.69, 9.17) is 0 Å². The lowest BCUT2D eigenvalue weighted by molar-refractivity contribution is 0.574. The first kappa shape index (κ1) is 14.0. The van der Waals surface area contributed by atoms with Crippen LogP contribution in [-0.2, 0) is 13.0 Å². The van der Waals surface area contributed by atoms with Crippen molar-refractivity contribution in [1.29, 1.82) is 0 Å². The molecule has 0 bridgehead atoms. The molecule has 1 N–H and O–H groups in total. The van der Waals surface area contributed by atoms with Gasteiger partial charge in [-0.3, -0.25) is 0 Å². The van der Waals surface area contributed by atoms with Crippen LogP contribution in [-0.4, -0.2) is 16.7 Å². The van der Waals surface area contributed by atoms with Crippen molar-refractivity contribution in [3.8, 4) is 0 Å². The van der Waals surface area contributed by atoms with Crippen LogP contribution in [0.1, 0.15) is 28.9 Å². The Labute approximate surface area is 114 Å². The minimum atomic E-state index is -0.567. The molecule has 0 saturated heterocycles. The van der Waals surface area contributed by atoms with Gasteiger partial charge in [0.25, 0.3) is 0 Å². The first-order valence-electron chi connectivity index (χ1n) is 6.15. The van der Waals surface area contributed by atoms with Crippen LogP contribution in [0.2, 0.25) is 0 Å². The van der Waals surface area contributed by atoms with E-state index in [9.17, 15) is 8.78 Å². The van der Waals surface area contributed by atoms with Gasteiger partial charge in [0.2, 0.25) is 0 Å². The minimum Gasteiger partial charge on any atom is -0.310 e. The predicted octanol–water partition coefficient (Wildman–Crippen LogP) is 2.91. The third-order valence-electron chi connectivity index (χ3n) is 2.57. The van der Waals surface area contributed by atoms with E-state index in [1.807, 2.05) is 0 Å². The second-order valence-electron chi connectivity index (χ2n) is 4.18. The van der Waals surface area contributed by atoms with Crippen molar-refractivity contribution in [3.63, 3.8) is 0 Å². The van der Waals surface area contributed by atoms with Gasteiger partial charge in [-0.1, -0.05) is 24.3 Å². The molecule has 1 heterocycles. The molecule has 0 amide bonds. The van der Waals surface area contributed by atoms with Gasteiger partial charge in [-0.25, -0.2) is 8.78 Å². The summed E-state index contributed by atoms with van der Waals surface area (Å²) in [6, 6.07) is 3.59. The molecule has 3 nitrogen and oxygen atoms in total. The Bertz CT molecular complexity index is 542. The largest absolute Gasteiger partial charge is 0.310 e. The zero-order chi connectivity index (χ0) is 13.7. The number of nitrogens with one attached hydrogen (secondary N) is 1. The highest BCUT2D eigenvalue weighted by atomic mass is 32.1. The zero-order valence-electron chi connectivity index (χ0n) is 10.6. The Morgan fingerprint density at radius 1 is 1.21 bits per heavy atom. The summed E-state index contributed by atoms with van der Waals surface area (Å²) in [6.45, 7) is 3.70. The second-order valence-corrected chi connectivity index (χ2v) is 5.33. The van der Waals surface area contributed by atoms with Gasteiger partial charge in [-0.2, -0.15) is 0 Å². The van der Waals surface area contributed by atoms with Crippen LogP contribution in [0.15, 0.2) is 18.2 Å². The Morgan fingerprint density at radius 2 is 2.00 bits per heavy atom. The van der Waals surface area contributed by atoms with E-state index in [0.29, 0.717) is 18.5 Å². The van der Waals surface area contributed by atoms with Crippen molar-refractivity contribution in [3.05, 3.63) is 45.4 Å². The quantitative estimate of drug-likeness (QED) is 0.828. The average molecular weight is 283 g/mol. The fourth-order valence-corrected chi connectivity index (χ4v) is 2.47. The number of rotatable bonds is 6. The summed E-state index contributed by atoms with van der Waals surface area (Å²) in [4.78, 5) is 0. The highest BCUT2D eigenvalue weighted by Gasteiger charge is 2.09. The Morgan fingerprint density at radius 3 is 2.74 bits per heavy atom. The molecule has 0 saturated carbocycles. The number of halogens is 2. The number of hydrogen-bond donors (Lipinski definition) is 1. The molecule has 19 heavy (non-hydrogen) atoms. The van der Waals surface area contributed by atoms with E-state index in [1.165, 1.54) is 23.5 Å². The van der Waals surface area contributed by atoms with E-state index in [-0.39, 0.29) is 0 Å². The molecule has 1 aromatic heterocycles. The molecule has 0 aliphatic rings. The third-order valence-corrected chi connectivity index (χ3v) is 3.49. The van der Waals surface area contributed by atoms with Crippen LogP contribution in [0.4, 0.5) is 8.78 Å². The van der Waals surface area contributed by atoms with Crippen LogP contribution in [0.3, 0.4) is 0 Å². The monoisotopic (exact) mass is 283 g/mol. The topological polar surface area (TPSA) is 37.8 Å². The number of aromatic nitrogens is 2. The molecule has 0 radical (unpaired) electrons. The molecule has 0 aliphatic carbocycles. The highest BCUT2D eigenvalue weighted by Crippen LogP contribution is 2.17. The van der Waals surface area contributed by atoms with Crippen LogP contribution >= 0.6 is 11.3 Å². The summed E-state index contributed by atoms with van der Waals surface area (Å²) in [5.41, 5.74) is 0.436. The number of nitrogens with zero attached hydrogens (tertiary/aromatic N) is 2. The SMILES string of the molecule is CCCNCc1nnc(Cc2ccc(F)cc2F)s1. The lowest BCUT2D eigenvalue weighted by atomic mass is 10.1. The van der Waals surface area contributed by atoms with Crippen LogP contribution in [0.25, 0.3) is 0 Å². The Balaban J connectivity index is 1.99. The molecular weight excluding hydrogens is 268 g/mol. The van der Waals surface area contributed by atoms with Crippen LogP contribution in [0.5, 0.6) is 0 Å². The fourth-order valence-electron chi connectivity index (χ4n) is 1.63. The van der Waals surface area contributed by atoms with Gasteiger partial charge in [0, 0.05) is 19.0 Å². The molecule has 0 aliphatic heterocycles. The van der Waals surface area contributed by atoms with Gasteiger partial charge in [0.1, 0.15) is 21.6 Å². The van der Waals surface area contributed by atoms with Crippen molar-refractivity contribution >= 4 is 11.3 Å². The molecule has 102 valence electrons. The minimum absolute atomic E-state index is 0.345. The molecular formula is C13H15F2N3S. The lowest BCUT2D eigenvalue weighted by Gasteiger charge is -1.99. The number of hydrogen-bond acceptors (Lipinski definition) is 4. The maximum Gasteiger partial charge on any atom is 0.131 e. The molecule has 0 unspecified atom stereocenters. The maximum absolute atomic E-state index is 13.5. The average Bonchev–Trinajstić information content (AvgIpc) is 2.81. The fraction of sp³-hybridized carbons (Fsp3) is 0.385. The van der Waals surface area contributed by atoms with Crippen molar-refractivity contribution in [2.75, 3.05) is 6.54 Å². The van der Waals surface area contributed by atoms with Crippen LogP contribution in [0, 0.1) is 11.6 Å². The van der Waals surface area contributed by atoms with E-state index in [1.54, 1.807) is 0 Å². The molecule has 6 heteroatoms. The molecule has 1 aromatic carbocycles. The summed E-state index contributed by atoms with van der Waals surface area (Å²) < 4.78 is 26.3. The Kier molecular flexibility index (Phi) is 4.93. The molecule has 0 atom stereocenters. The van der Waals surface area contributed by atoms with Crippen molar-refractivity contribution < 1.29 is 8.78 Å². The highest BCUT2D eigenvalue weighted by molar-refractivity contribution is 7.11. The van der Waals surface area contributed by atoms with Gasteiger partial charge >= 0.3 is 0 Å². The molecule has 0 fully saturated rings. The summed E-state index contributed by atoms with van der Waals surface area (Å²) in [5.74, 6) is -1.11. The van der Waals surface area contributed by atoms with Gasteiger partial charge in [-0.15, -0.1) is 10.2 Å². The summed E-state index contributed by atoms with van der Waals surface area (Å²) in [6.07, 6.45) is 1.41. The van der Waals surface area contributed by atoms with Gasteiger partial charge < -0.3 is 5.32 Å². The van der Waals surface area contributed by atoms with Gasteiger partial charge in [0.05, 0.1) is 0 Å². The number of benzene rings is 1. The smallest absolute Gasteiger partial charge is 0.131 e. The molecule has 2 rings (SSSR count). The first-order chi connectivity index (χ1) is 9.19. The van der Waals surface area contributed by atoms with Crippen LogP contribution < -0.4 is 5.32 Å². The molecule has 2 aromatic rings. The van der Waals surface area contributed by atoms with E-state index >= 15 is 0 Å². The third kappa shape index (κ3) is 4.04. The predicted molar refractivity (Wildman–Crippen MR) is 71.1 cm³/mol. The van der Waals surface area contributed by atoms with E-state index < -0.39 is 11.6 Å². The van der Waals surface area contributed by atoms with E-state index in [2.05, 4.69) is 22.4 Å². The second kappa shape index (κ2) is 6.68. The van der Waals surface area contributed by atoms with Gasteiger partial charge in [-0.05, 0) is 24.6 Å². The zero-order valence-corrected chi connectivity index (χ0v) is 11.4. The maximum atomic E-state index is 13.5. The molecule has 0 spiro atoms. The summed E-state index contributed by atoms with van der Waals surface area (Å²) in [7, 11) is 0. The standard InChI is InChI=1S/C13H15F2N3S/c1-2-5-16-8-13-18-17-12(19-13)6-9-3-4-10(14)7-11(9)15/h3-4,7,16H,2,5-6,8H2,1H3. The normalized spacial score (nSPS) is 10.9. The van der Waals surface area contributed by atoms with Crippen molar-refractivity contribution in [2.45, 2.75) is 26.3 Å². The Hall–Kier alpha value is -1.40. The summed E-state index contributed by atoms with van der Waals surface area (Å²) >= 11 is 1.45. The lowest BCUT2D eigenvalue weighted by Crippen LogP contribution is -2.13. The van der Waals surface area contributed by atoms with Crippen molar-refractivity contribution in [2.24, 2.45) is 0 Å². The summed E-state index contributed by atoms with van der Waals surface area (Å²) in [5, 5.41) is 12.9. The van der Waals surface area contributed by atoms with Gasteiger partial charge in [0.15, 0.2) is 0 Å².